The second kappa shape index (κ2) is 7.53. The number of methoxy groups -OCH3 is 1. The van der Waals surface area contributed by atoms with E-state index in [9.17, 15) is 13.2 Å². The fourth-order valence-electron chi connectivity index (χ4n) is 3.15. The number of hydrogen-bond acceptors (Lipinski definition) is 4. The Hall–Kier alpha value is -1.60. The number of hydrogen-bond donors (Lipinski definition) is 2. The summed E-state index contributed by atoms with van der Waals surface area (Å²) in [7, 11) is -2.20. The molecule has 1 aromatic rings. The van der Waals surface area contributed by atoms with Gasteiger partial charge in [-0.1, -0.05) is 26.7 Å². The van der Waals surface area contributed by atoms with Crippen molar-refractivity contribution < 1.29 is 17.9 Å². The number of amides is 1. The van der Waals surface area contributed by atoms with Gasteiger partial charge in [0, 0.05) is 19.0 Å². The lowest BCUT2D eigenvalue weighted by atomic mass is 9.78. The molecule has 1 aliphatic carbocycles. The van der Waals surface area contributed by atoms with E-state index < -0.39 is 10.0 Å². The SMILES string of the molecule is COc1cc(S(=O)(=O)N[C@H]2CCC[C@@H](C)[C@H]2C)ccc1NC(C)=O. The van der Waals surface area contributed by atoms with Gasteiger partial charge in [0.05, 0.1) is 17.7 Å². The van der Waals surface area contributed by atoms with Gasteiger partial charge in [-0.15, -0.1) is 0 Å². The Kier molecular flexibility index (Phi) is 5.87. The molecule has 2 N–H and O–H groups in total. The molecule has 1 aromatic carbocycles. The fourth-order valence-corrected chi connectivity index (χ4v) is 4.52. The van der Waals surface area contributed by atoms with Gasteiger partial charge < -0.3 is 10.1 Å². The number of rotatable bonds is 5. The van der Waals surface area contributed by atoms with Crippen LogP contribution in [0.25, 0.3) is 0 Å². The molecule has 1 amide bonds. The summed E-state index contributed by atoms with van der Waals surface area (Å²) in [4.78, 5) is 11.3. The minimum Gasteiger partial charge on any atom is -0.495 e. The largest absolute Gasteiger partial charge is 0.495 e. The predicted molar refractivity (Wildman–Crippen MR) is 93.6 cm³/mol. The molecular formula is C17H26N2O4S. The minimum absolute atomic E-state index is 0.0558. The van der Waals surface area contributed by atoms with Gasteiger partial charge in [0.1, 0.15) is 5.75 Å². The molecule has 2 rings (SSSR count). The fraction of sp³-hybridized carbons (Fsp3) is 0.588. The number of anilines is 1. The second-order valence-corrected chi connectivity index (χ2v) is 8.25. The average molecular weight is 354 g/mol. The van der Waals surface area contributed by atoms with Crippen LogP contribution in [0.2, 0.25) is 0 Å². The monoisotopic (exact) mass is 354 g/mol. The summed E-state index contributed by atoms with van der Waals surface area (Å²) in [6.45, 7) is 5.64. The molecule has 1 fully saturated rings. The molecule has 0 radical (unpaired) electrons. The van der Waals surface area contributed by atoms with Crippen LogP contribution in [0, 0.1) is 11.8 Å². The number of sulfonamides is 1. The van der Waals surface area contributed by atoms with E-state index in [2.05, 4.69) is 23.9 Å². The van der Waals surface area contributed by atoms with E-state index in [1.54, 1.807) is 6.07 Å². The molecular weight excluding hydrogens is 328 g/mol. The van der Waals surface area contributed by atoms with Gasteiger partial charge >= 0.3 is 0 Å². The summed E-state index contributed by atoms with van der Waals surface area (Å²) in [6.07, 6.45) is 3.02. The van der Waals surface area contributed by atoms with E-state index in [4.69, 9.17) is 4.74 Å². The third kappa shape index (κ3) is 4.27. The maximum atomic E-state index is 12.7. The van der Waals surface area contributed by atoms with Gasteiger partial charge in [0.2, 0.25) is 15.9 Å². The third-order valence-electron chi connectivity index (χ3n) is 4.81. The van der Waals surface area contributed by atoms with Crippen molar-refractivity contribution in [1.29, 1.82) is 0 Å². The van der Waals surface area contributed by atoms with E-state index >= 15 is 0 Å². The Morgan fingerprint density at radius 3 is 2.58 bits per heavy atom. The van der Waals surface area contributed by atoms with Crippen LogP contribution in [0.4, 0.5) is 5.69 Å². The van der Waals surface area contributed by atoms with Crippen molar-refractivity contribution in [1.82, 2.24) is 4.72 Å². The van der Waals surface area contributed by atoms with Crippen LogP contribution in [0.5, 0.6) is 5.75 Å². The van der Waals surface area contributed by atoms with Crippen molar-refractivity contribution in [2.45, 2.75) is 51.0 Å². The van der Waals surface area contributed by atoms with Crippen molar-refractivity contribution >= 4 is 21.6 Å². The van der Waals surface area contributed by atoms with E-state index in [0.717, 1.165) is 19.3 Å². The van der Waals surface area contributed by atoms with E-state index in [1.807, 2.05) is 0 Å². The Morgan fingerprint density at radius 2 is 1.96 bits per heavy atom. The van der Waals surface area contributed by atoms with Gasteiger partial charge in [-0.05, 0) is 30.4 Å². The lowest BCUT2D eigenvalue weighted by Gasteiger charge is -2.34. The van der Waals surface area contributed by atoms with Gasteiger partial charge in [-0.3, -0.25) is 4.79 Å². The molecule has 0 unspecified atom stereocenters. The van der Waals surface area contributed by atoms with Gasteiger partial charge in [-0.2, -0.15) is 0 Å². The lowest BCUT2D eigenvalue weighted by molar-refractivity contribution is -0.114. The molecule has 7 heteroatoms. The van der Waals surface area contributed by atoms with Crippen molar-refractivity contribution in [3.63, 3.8) is 0 Å². The van der Waals surface area contributed by atoms with Crippen molar-refractivity contribution in [3.05, 3.63) is 18.2 Å². The molecule has 24 heavy (non-hydrogen) atoms. The van der Waals surface area contributed by atoms with E-state index in [0.29, 0.717) is 23.3 Å². The summed E-state index contributed by atoms with van der Waals surface area (Å²) >= 11 is 0. The van der Waals surface area contributed by atoms with Crippen molar-refractivity contribution in [2.24, 2.45) is 11.8 Å². The first kappa shape index (κ1) is 18.7. The zero-order valence-corrected chi connectivity index (χ0v) is 15.4. The minimum atomic E-state index is -3.64. The van der Waals surface area contributed by atoms with Gasteiger partial charge in [0.25, 0.3) is 0 Å². The average Bonchev–Trinajstić information content (AvgIpc) is 2.51. The highest BCUT2D eigenvalue weighted by atomic mass is 32.2. The molecule has 0 aliphatic heterocycles. The first-order valence-corrected chi connectivity index (χ1v) is 9.71. The van der Waals surface area contributed by atoms with Crippen LogP contribution in [-0.4, -0.2) is 27.5 Å². The van der Waals surface area contributed by atoms with E-state index in [1.165, 1.54) is 26.2 Å². The van der Waals surface area contributed by atoms with Crippen molar-refractivity contribution in [3.8, 4) is 5.75 Å². The lowest BCUT2D eigenvalue weighted by Crippen LogP contribution is -2.43. The Bertz CT molecular complexity index is 703. The highest BCUT2D eigenvalue weighted by Crippen LogP contribution is 2.32. The van der Waals surface area contributed by atoms with Crippen molar-refractivity contribution in [2.75, 3.05) is 12.4 Å². The number of ether oxygens (including phenoxy) is 1. The van der Waals surface area contributed by atoms with Crippen LogP contribution in [0.3, 0.4) is 0 Å². The quantitative estimate of drug-likeness (QED) is 0.851. The number of carbonyl (C=O) groups is 1. The molecule has 1 aliphatic rings. The summed E-state index contributed by atoms with van der Waals surface area (Å²) < 4.78 is 33.4. The van der Waals surface area contributed by atoms with Crippen LogP contribution in [-0.2, 0) is 14.8 Å². The van der Waals surface area contributed by atoms with Crippen LogP contribution in [0.1, 0.15) is 40.0 Å². The topological polar surface area (TPSA) is 84.5 Å². The van der Waals surface area contributed by atoms with Crippen LogP contribution >= 0.6 is 0 Å². The molecule has 0 aromatic heterocycles. The third-order valence-corrected chi connectivity index (χ3v) is 6.29. The van der Waals surface area contributed by atoms with Crippen LogP contribution < -0.4 is 14.8 Å². The maximum absolute atomic E-state index is 12.7. The Balaban J connectivity index is 2.24. The summed E-state index contributed by atoms with van der Waals surface area (Å²) in [5.41, 5.74) is 0.448. The predicted octanol–water partition coefficient (Wildman–Crippen LogP) is 2.76. The second-order valence-electron chi connectivity index (χ2n) is 6.54. The highest BCUT2D eigenvalue weighted by Gasteiger charge is 2.31. The highest BCUT2D eigenvalue weighted by molar-refractivity contribution is 7.89. The first-order valence-electron chi connectivity index (χ1n) is 8.22. The molecule has 0 saturated heterocycles. The van der Waals surface area contributed by atoms with Gasteiger partial charge in [-0.25, -0.2) is 13.1 Å². The number of carbonyl (C=O) groups excluding carboxylic acids is 1. The molecule has 0 spiro atoms. The molecule has 134 valence electrons. The van der Waals surface area contributed by atoms with E-state index in [-0.39, 0.29) is 16.8 Å². The Morgan fingerprint density at radius 1 is 1.25 bits per heavy atom. The zero-order valence-electron chi connectivity index (χ0n) is 14.6. The Labute approximate surface area is 144 Å². The molecule has 0 bridgehead atoms. The molecule has 3 atom stereocenters. The number of benzene rings is 1. The van der Waals surface area contributed by atoms with Crippen LogP contribution in [0.15, 0.2) is 23.1 Å². The molecule has 0 heterocycles. The molecule has 1 saturated carbocycles. The zero-order chi connectivity index (χ0) is 17.9. The normalized spacial score (nSPS) is 24.4. The summed E-state index contributed by atoms with van der Waals surface area (Å²) in [6, 6.07) is 4.40. The summed E-state index contributed by atoms with van der Waals surface area (Å²) in [5, 5.41) is 2.62. The standard InChI is InChI=1S/C17H26N2O4S/c1-11-6-5-7-15(12(11)2)19-24(21,22)14-8-9-16(18-13(3)20)17(10-14)23-4/h8-12,15,19H,5-7H2,1-4H3,(H,18,20)/t11-,12-,15+/m1/s1. The molecule has 6 nitrogen and oxygen atoms in total. The van der Waals surface area contributed by atoms with Gasteiger partial charge in [0.15, 0.2) is 0 Å². The number of nitrogens with one attached hydrogen (secondary N) is 2. The summed E-state index contributed by atoms with van der Waals surface area (Å²) in [5.74, 6) is 0.877. The maximum Gasteiger partial charge on any atom is 0.240 e. The first-order chi connectivity index (χ1) is 11.2. The smallest absolute Gasteiger partial charge is 0.240 e.